The van der Waals surface area contributed by atoms with Crippen molar-refractivity contribution < 1.29 is 49.0 Å². The fourth-order valence-electron chi connectivity index (χ4n) is 6.36. The smallest absolute Gasteiger partial charge is 1.00 e. The molecule has 1 unspecified atom stereocenters. The summed E-state index contributed by atoms with van der Waals surface area (Å²) < 4.78 is 1.42. The largest absolute Gasteiger partial charge is 1.00 e. The molecule has 3 heteroatoms. The first-order chi connectivity index (χ1) is 23.6. The van der Waals surface area contributed by atoms with Crippen LogP contribution < -0.4 is 24.8 Å². The summed E-state index contributed by atoms with van der Waals surface area (Å²) in [5.41, 5.74) is 18.0. The minimum absolute atomic E-state index is 0. The van der Waals surface area contributed by atoms with Crippen LogP contribution in [0.5, 0.6) is 0 Å². The molecule has 0 nitrogen and oxygen atoms in total. The van der Waals surface area contributed by atoms with E-state index in [1.807, 2.05) is 6.07 Å². The molecule has 0 spiro atoms. The van der Waals surface area contributed by atoms with Gasteiger partial charge in [0.25, 0.3) is 0 Å². The minimum atomic E-state index is 0. The van der Waals surface area contributed by atoms with Gasteiger partial charge in [0.05, 0.1) is 0 Å². The van der Waals surface area contributed by atoms with Crippen LogP contribution in [0.2, 0.25) is 0 Å². The SMILES string of the molecule is CC(C)(C)c1c[c-]c2c(c1)-c1cc(C(C)(C)C)ccc1C2.CC1=[C-]C(C)C=C1c1ccccc1.Cc1ccc([C](=[Zr+2])c2ccc(C)cc2)cc1.[Cl-].[Cl-]. The van der Waals surface area contributed by atoms with Gasteiger partial charge in [-0.05, 0) is 17.4 Å². The summed E-state index contributed by atoms with van der Waals surface area (Å²) in [5, 5.41) is 0. The Morgan fingerprint density at radius 1 is 0.654 bits per heavy atom. The molecule has 5 aromatic rings. The van der Waals surface area contributed by atoms with Gasteiger partial charge in [0.15, 0.2) is 0 Å². The van der Waals surface area contributed by atoms with Crippen LogP contribution in [0.1, 0.15) is 105 Å². The summed E-state index contributed by atoms with van der Waals surface area (Å²) in [7, 11) is 0. The molecular weight excluding hydrogens is 751 g/mol. The number of benzene rings is 5. The normalized spacial score (nSPS) is 14.1. The summed E-state index contributed by atoms with van der Waals surface area (Å²) in [6.45, 7) is 22.2. The molecule has 2 aliphatic carbocycles. The standard InChI is InChI=1S/C21H25.C15H14.C13H13.2ClH.Zr/c1-20(2,3)16-9-7-14-11-15-8-10-17(21(4,5)6)13-19(15)18(14)12-16;1-12-3-7-14(8-4-12)11-15-9-5-13(2)6-10-15;1-10-8-11(2)13(9-10)12-6-4-3-5-7-12;;;/h7,9-10,12-13H,11H2,1-6H3;3-10H,1-2H3;3-7,9-10H,1-2H3;2*1H;/q-1;;-1;;;+2/p-2. The number of allylic oxidation sites excluding steroid dienone is 4. The second-order valence-corrected chi connectivity index (χ2v) is 17.2. The van der Waals surface area contributed by atoms with E-state index < -0.39 is 0 Å². The molecule has 1 atom stereocenters. The van der Waals surface area contributed by atoms with Crippen molar-refractivity contribution >= 4 is 8.78 Å². The van der Waals surface area contributed by atoms with Gasteiger partial charge in [-0.25, -0.2) is 5.57 Å². The van der Waals surface area contributed by atoms with E-state index in [2.05, 4.69) is 191 Å². The Morgan fingerprint density at radius 3 is 1.65 bits per heavy atom. The summed E-state index contributed by atoms with van der Waals surface area (Å²) >= 11 is 1.46. The predicted octanol–water partition coefficient (Wildman–Crippen LogP) is 6.55. The molecule has 0 N–H and O–H groups in total. The van der Waals surface area contributed by atoms with E-state index in [4.69, 9.17) is 0 Å². The molecular formula is C49H52Cl2Zr-2. The zero-order valence-electron chi connectivity index (χ0n) is 32.5. The van der Waals surface area contributed by atoms with E-state index >= 15 is 0 Å². The first-order valence-corrected chi connectivity index (χ1v) is 19.1. The van der Waals surface area contributed by atoms with Gasteiger partial charge in [-0.3, -0.25) is 6.08 Å². The number of fused-ring (bicyclic) bond motifs is 3. The van der Waals surface area contributed by atoms with Gasteiger partial charge in [0.1, 0.15) is 0 Å². The van der Waals surface area contributed by atoms with Gasteiger partial charge in [-0.2, -0.15) is 41.0 Å². The molecule has 2 aliphatic rings. The predicted molar refractivity (Wildman–Crippen MR) is 213 cm³/mol. The van der Waals surface area contributed by atoms with Gasteiger partial charge < -0.3 is 24.8 Å². The van der Waals surface area contributed by atoms with Crippen molar-refractivity contribution in [1.82, 2.24) is 0 Å². The van der Waals surface area contributed by atoms with E-state index in [0.717, 1.165) is 6.42 Å². The van der Waals surface area contributed by atoms with Gasteiger partial charge in [-0.1, -0.05) is 126 Å². The van der Waals surface area contributed by atoms with Gasteiger partial charge >= 0.3 is 112 Å². The first kappa shape index (κ1) is 43.3. The van der Waals surface area contributed by atoms with Crippen LogP contribution in [0.3, 0.4) is 0 Å². The quantitative estimate of drug-likeness (QED) is 0.178. The Kier molecular flexibility index (Phi) is 15.2. The maximum absolute atomic E-state index is 3.53. The Balaban J connectivity index is 0.000000212. The average Bonchev–Trinajstić information content (AvgIpc) is 3.63. The fraction of sp³-hybridized carbons (Fsp3) is 0.286. The van der Waals surface area contributed by atoms with Crippen molar-refractivity contribution in [2.45, 2.75) is 86.5 Å². The minimum Gasteiger partial charge on any atom is -1.00 e. The van der Waals surface area contributed by atoms with Crippen LogP contribution in [-0.2, 0) is 41.5 Å². The van der Waals surface area contributed by atoms with E-state index in [-0.39, 0.29) is 35.6 Å². The van der Waals surface area contributed by atoms with Crippen LogP contribution >= 0.6 is 0 Å². The number of rotatable bonds is 3. The molecule has 268 valence electrons. The second-order valence-electron chi connectivity index (χ2n) is 15.9. The molecule has 52 heavy (non-hydrogen) atoms. The van der Waals surface area contributed by atoms with E-state index in [1.54, 1.807) is 0 Å². The number of halogens is 2. The third kappa shape index (κ3) is 11.0. The van der Waals surface area contributed by atoms with Crippen molar-refractivity contribution in [1.29, 1.82) is 0 Å². The molecule has 0 amide bonds. The third-order valence-corrected chi connectivity index (χ3v) is 11.0. The van der Waals surface area contributed by atoms with Crippen molar-refractivity contribution in [3.63, 3.8) is 0 Å². The number of hydrogen-bond donors (Lipinski definition) is 0. The second kappa shape index (κ2) is 18.3. The molecule has 0 heterocycles. The fourth-order valence-corrected chi connectivity index (χ4v) is 7.18. The molecule has 0 saturated carbocycles. The molecule has 5 aromatic carbocycles. The number of hydrogen-bond acceptors (Lipinski definition) is 0. The molecule has 0 fully saturated rings. The maximum atomic E-state index is 3.53. The Morgan fingerprint density at radius 2 is 1.17 bits per heavy atom. The topological polar surface area (TPSA) is 0 Å². The van der Waals surface area contributed by atoms with Gasteiger partial charge in [0.2, 0.25) is 0 Å². The van der Waals surface area contributed by atoms with Crippen molar-refractivity contribution in [2.24, 2.45) is 5.92 Å². The monoisotopic (exact) mass is 800 g/mol. The zero-order valence-corrected chi connectivity index (χ0v) is 36.5. The molecule has 7 rings (SSSR count). The van der Waals surface area contributed by atoms with E-state index in [0.29, 0.717) is 5.92 Å². The van der Waals surface area contributed by atoms with Crippen LogP contribution in [-0.4, -0.2) is 3.21 Å². The van der Waals surface area contributed by atoms with E-state index in [9.17, 15) is 0 Å². The number of aryl methyl sites for hydroxylation is 2. The Hall–Kier alpha value is -3.09. The molecule has 0 saturated heterocycles. The average molecular weight is 803 g/mol. The first-order valence-electron chi connectivity index (χ1n) is 17.9. The van der Waals surface area contributed by atoms with E-state index in [1.165, 1.54) is 99.8 Å². The van der Waals surface area contributed by atoms with Crippen molar-refractivity contribution in [3.8, 4) is 11.1 Å². The van der Waals surface area contributed by atoms with Crippen LogP contribution in [0.15, 0.2) is 121 Å². The van der Waals surface area contributed by atoms with Crippen LogP contribution in [0.25, 0.3) is 16.7 Å². The van der Waals surface area contributed by atoms with Crippen molar-refractivity contribution in [3.05, 3.63) is 183 Å². The van der Waals surface area contributed by atoms with Gasteiger partial charge in [0, 0.05) is 0 Å². The summed E-state index contributed by atoms with van der Waals surface area (Å²) in [5.74, 6) is 0.468. The zero-order chi connectivity index (χ0) is 36.2. The summed E-state index contributed by atoms with van der Waals surface area (Å²) in [6, 6.07) is 43.1. The molecule has 0 radical (unpaired) electrons. The van der Waals surface area contributed by atoms with Crippen LogP contribution in [0.4, 0.5) is 0 Å². The molecule has 0 aliphatic heterocycles. The third-order valence-electron chi connectivity index (χ3n) is 9.56. The molecule has 0 aromatic heterocycles. The summed E-state index contributed by atoms with van der Waals surface area (Å²) in [4.78, 5) is 0. The van der Waals surface area contributed by atoms with Crippen molar-refractivity contribution in [2.75, 3.05) is 0 Å². The Labute approximate surface area is 342 Å². The van der Waals surface area contributed by atoms with Crippen LogP contribution in [0, 0.1) is 31.9 Å². The molecule has 0 bridgehead atoms. The maximum Gasteiger partial charge on any atom is -1.00 e. The summed E-state index contributed by atoms with van der Waals surface area (Å²) in [6.07, 6.45) is 6.69. The van der Waals surface area contributed by atoms with Gasteiger partial charge in [-0.15, -0.1) is 11.1 Å². The Bertz CT molecular complexity index is 1910.